The van der Waals surface area contributed by atoms with Crippen LogP contribution in [0.15, 0.2) is 35.1 Å². The molecule has 0 radical (unpaired) electrons. The standard InChI is InChI=1S/C25H26N2O8.CH4/c1-10(28)4-5-11-6-7-15(29)17-13(11)8-12-9-14-19(27(2)3)21(31)18(24(26)34)23(33)25(14,35)22(32)16(12)20(17)30;/h4-7,12,14,19,29-30,33,35H,8-9H2,1-3H3,(H2,26,34);1H4/b5-4+;/t12-,14-,19-,25-;/m0./s1. The maximum Gasteiger partial charge on any atom is 0.255 e. The number of Topliss-reactive ketones (excluding diaryl/α,β-unsaturated/α-hetero) is 2. The number of aliphatic hydroxyl groups excluding tert-OH is 2. The van der Waals surface area contributed by atoms with Crippen molar-refractivity contribution in [3.63, 3.8) is 0 Å². The van der Waals surface area contributed by atoms with Crippen molar-refractivity contribution in [3.05, 3.63) is 51.8 Å². The first kappa shape index (κ1) is 26.8. The molecule has 0 aromatic heterocycles. The first-order chi connectivity index (χ1) is 16.3. The summed E-state index contributed by atoms with van der Waals surface area (Å²) in [4.78, 5) is 51.7. The number of aliphatic hydroxyl groups is 3. The molecule has 0 aliphatic heterocycles. The summed E-state index contributed by atoms with van der Waals surface area (Å²) in [6.07, 6.45) is 3.03. The Kier molecular flexibility index (Phi) is 6.73. The van der Waals surface area contributed by atoms with Gasteiger partial charge in [-0.1, -0.05) is 19.6 Å². The van der Waals surface area contributed by atoms with Gasteiger partial charge in [0.05, 0.1) is 11.6 Å². The van der Waals surface area contributed by atoms with Gasteiger partial charge < -0.3 is 26.2 Å². The SMILES string of the molecule is C.CC(=O)/C=C/c1ccc(O)c2c1C[C@H]1C[C@H]3[C@H](N(C)C)C(=O)C(C(N)=O)=C(O)[C@@]3(O)C(=O)C1=C2O. The van der Waals surface area contributed by atoms with E-state index in [1.165, 1.54) is 38.1 Å². The summed E-state index contributed by atoms with van der Waals surface area (Å²) in [6.45, 7) is 1.38. The van der Waals surface area contributed by atoms with Crippen molar-refractivity contribution in [1.29, 1.82) is 0 Å². The van der Waals surface area contributed by atoms with E-state index in [4.69, 9.17) is 5.73 Å². The number of rotatable bonds is 4. The van der Waals surface area contributed by atoms with Crippen molar-refractivity contribution in [1.82, 2.24) is 4.90 Å². The summed E-state index contributed by atoms with van der Waals surface area (Å²) < 4.78 is 0. The highest BCUT2D eigenvalue weighted by molar-refractivity contribution is 6.24. The van der Waals surface area contributed by atoms with Crippen molar-refractivity contribution in [2.75, 3.05) is 14.1 Å². The molecule has 0 unspecified atom stereocenters. The monoisotopic (exact) mass is 498 g/mol. The summed E-state index contributed by atoms with van der Waals surface area (Å²) in [5, 5.41) is 44.0. The second-order valence-electron chi connectivity index (χ2n) is 9.43. The minimum absolute atomic E-state index is 0. The molecule has 1 aromatic carbocycles. The van der Waals surface area contributed by atoms with E-state index >= 15 is 0 Å². The molecule has 4 rings (SSSR count). The van der Waals surface area contributed by atoms with Crippen LogP contribution >= 0.6 is 0 Å². The minimum atomic E-state index is -2.67. The van der Waals surface area contributed by atoms with Crippen molar-refractivity contribution in [2.24, 2.45) is 17.6 Å². The fourth-order valence-electron chi connectivity index (χ4n) is 5.63. The van der Waals surface area contributed by atoms with Crippen LogP contribution in [0.1, 0.15) is 37.5 Å². The molecule has 10 heteroatoms. The quantitative estimate of drug-likeness (QED) is 0.301. The summed E-state index contributed by atoms with van der Waals surface area (Å²) in [7, 11) is 3.08. The summed E-state index contributed by atoms with van der Waals surface area (Å²) in [5.74, 6) is -7.20. The lowest BCUT2D eigenvalue weighted by molar-refractivity contribution is -0.153. The van der Waals surface area contributed by atoms with Crippen LogP contribution in [-0.4, -0.2) is 74.3 Å². The molecule has 0 spiro atoms. The maximum absolute atomic E-state index is 13.7. The molecular weight excluding hydrogens is 468 g/mol. The lowest BCUT2D eigenvalue weighted by Crippen LogP contribution is -2.65. The molecule has 192 valence electrons. The van der Waals surface area contributed by atoms with Crippen LogP contribution < -0.4 is 5.73 Å². The molecule has 6 N–H and O–H groups in total. The van der Waals surface area contributed by atoms with Gasteiger partial charge in [0.15, 0.2) is 17.2 Å². The number of amides is 1. The highest BCUT2D eigenvalue weighted by atomic mass is 16.3. The molecule has 1 aromatic rings. The number of primary amides is 1. The Morgan fingerprint density at radius 1 is 1.17 bits per heavy atom. The van der Waals surface area contributed by atoms with Crippen LogP contribution in [-0.2, 0) is 25.6 Å². The molecule has 3 aliphatic rings. The molecule has 1 amide bonds. The Hall–Kier alpha value is -3.76. The number of nitrogens with zero attached hydrogens (tertiary/aromatic N) is 1. The molecule has 0 heterocycles. The van der Waals surface area contributed by atoms with Gasteiger partial charge in [-0.2, -0.15) is 0 Å². The summed E-state index contributed by atoms with van der Waals surface area (Å²) >= 11 is 0. The number of hydrogen-bond donors (Lipinski definition) is 5. The molecule has 1 saturated carbocycles. The Balaban J connectivity index is 0.00000361. The number of fused-ring (bicyclic) bond motifs is 3. The lowest BCUT2D eigenvalue weighted by atomic mass is 9.57. The van der Waals surface area contributed by atoms with Gasteiger partial charge in [0.1, 0.15) is 22.8 Å². The summed E-state index contributed by atoms with van der Waals surface area (Å²) in [5.41, 5.74) is 2.57. The van der Waals surface area contributed by atoms with Crippen LogP contribution in [0.2, 0.25) is 0 Å². The number of nitrogens with two attached hydrogens (primary N) is 1. The van der Waals surface area contributed by atoms with Gasteiger partial charge in [-0.05, 0) is 63.0 Å². The van der Waals surface area contributed by atoms with Gasteiger partial charge in [-0.3, -0.25) is 24.1 Å². The van der Waals surface area contributed by atoms with Crippen LogP contribution in [0, 0.1) is 11.8 Å². The summed E-state index contributed by atoms with van der Waals surface area (Å²) in [6, 6.07) is 1.74. The predicted molar refractivity (Wildman–Crippen MR) is 131 cm³/mol. The molecule has 0 saturated heterocycles. The van der Waals surface area contributed by atoms with Crippen molar-refractivity contribution in [3.8, 4) is 5.75 Å². The normalized spacial score (nSPS) is 27.5. The van der Waals surface area contributed by atoms with Crippen molar-refractivity contribution in [2.45, 2.75) is 38.8 Å². The van der Waals surface area contributed by atoms with E-state index in [2.05, 4.69) is 0 Å². The highest BCUT2D eigenvalue weighted by Gasteiger charge is 2.64. The zero-order valence-corrected chi connectivity index (χ0v) is 19.4. The van der Waals surface area contributed by atoms with Gasteiger partial charge >= 0.3 is 0 Å². The van der Waals surface area contributed by atoms with E-state index in [1.807, 2.05) is 0 Å². The first-order valence-electron chi connectivity index (χ1n) is 11.0. The molecule has 36 heavy (non-hydrogen) atoms. The van der Waals surface area contributed by atoms with E-state index in [-0.39, 0.29) is 42.9 Å². The smallest absolute Gasteiger partial charge is 0.255 e. The first-order valence-corrected chi connectivity index (χ1v) is 11.0. The van der Waals surface area contributed by atoms with Crippen LogP contribution in [0.5, 0.6) is 5.75 Å². The Bertz CT molecular complexity index is 1290. The second-order valence-corrected chi connectivity index (χ2v) is 9.43. The number of phenolic OH excluding ortho intramolecular Hbond substituents is 1. The number of carbonyl (C=O) groups excluding carboxylic acids is 4. The third-order valence-electron chi connectivity index (χ3n) is 7.14. The van der Waals surface area contributed by atoms with Crippen LogP contribution in [0.4, 0.5) is 0 Å². The number of benzene rings is 1. The number of hydrogen-bond acceptors (Lipinski definition) is 9. The number of likely N-dealkylation sites (N-methyl/N-ethyl adjacent to an activating group) is 1. The zero-order chi connectivity index (χ0) is 26.0. The van der Waals surface area contributed by atoms with Crippen molar-refractivity contribution < 1.29 is 39.6 Å². The third-order valence-corrected chi connectivity index (χ3v) is 7.14. The van der Waals surface area contributed by atoms with Gasteiger partial charge in [-0.25, -0.2) is 0 Å². The maximum atomic E-state index is 13.7. The number of ketones is 3. The molecular formula is C26H30N2O8. The third kappa shape index (κ3) is 3.64. The largest absolute Gasteiger partial charge is 0.508 e. The van der Waals surface area contributed by atoms with Crippen molar-refractivity contribution >= 4 is 35.1 Å². The molecule has 1 fully saturated rings. The van der Waals surface area contributed by atoms with Crippen LogP contribution in [0.3, 0.4) is 0 Å². The number of allylic oxidation sites excluding steroid dienone is 1. The number of carbonyl (C=O) groups is 4. The average molecular weight is 499 g/mol. The minimum Gasteiger partial charge on any atom is -0.508 e. The van der Waals surface area contributed by atoms with E-state index in [1.54, 1.807) is 12.1 Å². The number of aromatic hydroxyl groups is 1. The Morgan fingerprint density at radius 2 is 1.81 bits per heavy atom. The Morgan fingerprint density at radius 3 is 2.36 bits per heavy atom. The fraction of sp³-hybridized carbons (Fsp3) is 0.385. The van der Waals surface area contributed by atoms with Gasteiger partial charge in [0.25, 0.3) is 5.91 Å². The fourth-order valence-corrected chi connectivity index (χ4v) is 5.63. The highest BCUT2D eigenvalue weighted by Crippen LogP contribution is 2.52. The van der Waals surface area contributed by atoms with E-state index < -0.39 is 58.0 Å². The predicted octanol–water partition coefficient (Wildman–Crippen LogP) is 1.20. The van der Waals surface area contributed by atoms with Gasteiger partial charge in [0, 0.05) is 11.5 Å². The Labute approximate surface area is 208 Å². The molecule has 0 bridgehead atoms. The molecule has 10 nitrogen and oxygen atoms in total. The molecule has 3 aliphatic carbocycles. The number of phenols is 1. The zero-order valence-electron chi connectivity index (χ0n) is 19.4. The van der Waals surface area contributed by atoms with Gasteiger partial charge in [0.2, 0.25) is 5.78 Å². The van der Waals surface area contributed by atoms with E-state index in [0.717, 1.165) is 0 Å². The second kappa shape index (κ2) is 9.03. The topological polar surface area (TPSA) is 178 Å². The van der Waals surface area contributed by atoms with Gasteiger partial charge in [-0.15, -0.1) is 0 Å². The van der Waals surface area contributed by atoms with E-state index in [0.29, 0.717) is 11.1 Å². The lowest BCUT2D eigenvalue weighted by Gasteiger charge is -2.50. The van der Waals surface area contributed by atoms with Crippen LogP contribution in [0.25, 0.3) is 11.8 Å². The molecule has 4 atom stereocenters. The average Bonchev–Trinajstić information content (AvgIpc) is 2.75. The van der Waals surface area contributed by atoms with E-state index in [9.17, 15) is 39.6 Å².